The normalized spacial score (nSPS) is 23.2. The minimum Gasteiger partial charge on any atom is -0.382 e. The molecule has 1 amide bonds. The number of hydrogen-bond acceptors (Lipinski definition) is 3. The molecule has 1 aliphatic rings. The molecule has 2 atom stereocenters. The molecule has 1 rings (SSSR count). The van der Waals surface area contributed by atoms with Gasteiger partial charge in [-0.2, -0.15) is 0 Å². The van der Waals surface area contributed by atoms with Crippen molar-refractivity contribution in [3.05, 3.63) is 0 Å². The third-order valence-electron chi connectivity index (χ3n) is 3.37. The van der Waals surface area contributed by atoms with Gasteiger partial charge in [0.1, 0.15) is 0 Å². The Morgan fingerprint density at radius 2 is 2.38 bits per heavy atom. The average Bonchev–Trinajstić information content (AvgIpc) is 2.35. The van der Waals surface area contributed by atoms with E-state index in [1.165, 1.54) is 0 Å². The van der Waals surface area contributed by atoms with Crippen LogP contribution in [-0.4, -0.2) is 43.7 Å². The SMILES string of the molecule is COC(C)CCC(=O)N1CCCC(CN)C1. The second kappa shape index (κ2) is 6.86. The molecule has 0 aromatic heterocycles. The van der Waals surface area contributed by atoms with Crippen LogP contribution in [0, 0.1) is 5.92 Å². The molecule has 4 nitrogen and oxygen atoms in total. The van der Waals surface area contributed by atoms with Gasteiger partial charge in [0.2, 0.25) is 5.91 Å². The van der Waals surface area contributed by atoms with Crippen LogP contribution in [0.5, 0.6) is 0 Å². The highest BCUT2D eigenvalue weighted by molar-refractivity contribution is 5.76. The number of carbonyl (C=O) groups excluding carboxylic acids is 1. The molecule has 16 heavy (non-hydrogen) atoms. The van der Waals surface area contributed by atoms with Crippen LogP contribution in [0.3, 0.4) is 0 Å². The van der Waals surface area contributed by atoms with Gasteiger partial charge in [-0.05, 0) is 38.6 Å². The highest BCUT2D eigenvalue weighted by Crippen LogP contribution is 2.16. The topological polar surface area (TPSA) is 55.6 Å². The molecule has 4 heteroatoms. The van der Waals surface area contributed by atoms with E-state index in [9.17, 15) is 4.79 Å². The number of amides is 1. The summed E-state index contributed by atoms with van der Waals surface area (Å²) in [4.78, 5) is 13.9. The molecule has 0 aromatic rings. The lowest BCUT2D eigenvalue weighted by Gasteiger charge is -2.32. The fraction of sp³-hybridized carbons (Fsp3) is 0.917. The molecule has 0 aliphatic carbocycles. The summed E-state index contributed by atoms with van der Waals surface area (Å²) in [6.07, 6.45) is 3.81. The number of ether oxygens (including phenoxy) is 1. The van der Waals surface area contributed by atoms with Gasteiger partial charge in [0, 0.05) is 26.6 Å². The molecule has 0 saturated carbocycles. The number of nitrogens with zero attached hydrogens (tertiary/aromatic N) is 1. The van der Waals surface area contributed by atoms with Gasteiger partial charge in [-0.3, -0.25) is 4.79 Å². The lowest BCUT2D eigenvalue weighted by molar-refractivity contribution is -0.133. The summed E-state index contributed by atoms with van der Waals surface area (Å²) in [7, 11) is 1.68. The maximum atomic E-state index is 11.9. The lowest BCUT2D eigenvalue weighted by atomic mass is 9.98. The molecular formula is C12H24N2O2. The molecule has 0 bridgehead atoms. The molecule has 0 radical (unpaired) electrons. The number of likely N-dealkylation sites (tertiary alicyclic amines) is 1. The van der Waals surface area contributed by atoms with Crippen molar-refractivity contribution in [2.24, 2.45) is 11.7 Å². The van der Waals surface area contributed by atoms with Crippen molar-refractivity contribution in [3.63, 3.8) is 0 Å². The lowest BCUT2D eigenvalue weighted by Crippen LogP contribution is -2.42. The van der Waals surface area contributed by atoms with Gasteiger partial charge >= 0.3 is 0 Å². The van der Waals surface area contributed by atoms with Crippen molar-refractivity contribution in [3.8, 4) is 0 Å². The third-order valence-corrected chi connectivity index (χ3v) is 3.37. The largest absolute Gasteiger partial charge is 0.382 e. The standard InChI is InChI=1S/C12H24N2O2/c1-10(16-2)5-6-12(15)14-7-3-4-11(8-13)9-14/h10-11H,3-9,13H2,1-2H3. The highest BCUT2D eigenvalue weighted by Gasteiger charge is 2.22. The summed E-state index contributed by atoms with van der Waals surface area (Å²) < 4.78 is 5.14. The maximum absolute atomic E-state index is 11.9. The highest BCUT2D eigenvalue weighted by atomic mass is 16.5. The van der Waals surface area contributed by atoms with Crippen molar-refractivity contribution in [1.29, 1.82) is 0 Å². The molecule has 2 N–H and O–H groups in total. The Kier molecular flexibility index (Phi) is 5.77. The van der Waals surface area contributed by atoms with E-state index in [2.05, 4.69) is 0 Å². The molecule has 2 unspecified atom stereocenters. The molecule has 0 aromatic carbocycles. The van der Waals surface area contributed by atoms with Gasteiger partial charge in [0.05, 0.1) is 6.10 Å². The Morgan fingerprint density at radius 3 is 3.00 bits per heavy atom. The van der Waals surface area contributed by atoms with E-state index in [0.29, 0.717) is 18.9 Å². The van der Waals surface area contributed by atoms with E-state index in [-0.39, 0.29) is 12.0 Å². The fourth-order valence-electron chi connectivity index (χ4n) is 2.09. The Labute approximate surface area is 98.1 Å². The quantitative estimate of drug-likeness (QED) is 0.763. The predicted molar refractivity (Wildman–Crippen MR) is 64.1 cm³/mol. The summed E-state index contributed by atoms with van der Waals surface area (Å²) in [5, 5.41) is 0. The van der Waals surface area contributed by atoms with Crippen molar-refractivity contribution < 1.29 is 9.53 Å². The zero-order valence-electron chi connectivity index (χ0n) is 10.4. The molecule has 1 saturated heterocycles. The number of piperidine rings is 1. The minimum atomic E-state index is 0.166. The second-order valence-corrected chi connectivity index (χ2v) is 4.67. The third kappa shape index (κ3) is 4.10. The van der Waals surface area contributed by atoms with E-state index >= 15 is 0 Å². The zero-order valence-corrected chi connectivity index (χ0v) is 10.4. The Bertz CT molecular complexity index is 221. The van der Waals surface area contributed by atoms with Crippen molar-refractivity contribution in [1.82, 2.24) is 4.90 Å². The monoisotopic (exact) mass is 228 g/mol. The average molecular weight is 228 g/mol. The van der Waals surface area contributed by atoms with Gasteiger partial charge in [0.15, 0.2) is 0 Å². The number of nitrogens with two attached hydrogens (primary N) is 1. The van der Waals surface area contributed by atoms with Crippen LogP contribution in [-0.2, 0) is 9.53 Å². The molecule has 1 fully saturated rings. The first-order valence-electron chi connectivity index (χ1n) is 6.18. The van der Waals surface area contributed by atoms with Gasteiger partial charge in [-0.25, -0.2) is 0 Å². The van der Waals surface area contributed by atoms with Crippen LogP contribution in [0.25, 0.3) is 0 Å². The van der Waals surface area contributed by atoms with Crippen molar-refractivity contribution in [2.75, 3.05) is 26.7 Å². The van der Waals surface area contributed by atoms with Crippen LogP contribution in [0.1, 0.15) is 32.6 Å². The van der Waals surface area contributed by atoms with E-state index in [0.717, 1.165) is 32.4 Å². The Morgan fingerprint density at radius 1 is 1.62 bits per heavy atom. The minimum absolute atomic E-state index is 0.166. The van der Waals surface area contributed by atoms with Gasteiger partial charge in [-0.1, -0.05) is 0 Å². The van der Waals surface area contributed by atoms with Gasteiger partial charge in [0.25, 0.3) is 0 Å². The molecule has 1 aliphatic heterocycles. The Balaban J connectivity index is 2.30. The number of methoxy groups -OCH3 is 1. The van der Waals surface area contributed by atoms with Crippen molar-refractivity contribution >= 4 is 5.91 Å². The first-order valence-corrected chi connectivity index (χ1v) is 6.18. The summed E-state index contributed by atoms with van der Waals surface area (Å²) in [5.41, 5.74) is 5.65. The summed E-state index contributed by atoms with van der Waals surface area (Å²) >= 11 is 0. The second-order valence-electron chi connectivity index (χ2n) is 4.67. The summed E-state index contributed by atoms with van der Waals surface area (Å²) in [6, 6.07) is 0. The molecule has 94 valence electrons. The van der Waals surface area contributed by atoms with Crippen LogP contribution >= 0.6 is 0 Å². The van der Waals surface area contributed by atoms with E-state index in [1.54, 1.807) is 7.11 Å². The molecular weight excluding hydrogens is 204 g/mol. The Hall–Kier alpha value is -0.610. The van der Waals surface area contributed by atoms with E-state index < -0.39 is 0 Å². The number of carbonyl (C=O) groups is 1. The van der Waals surface area contributed by atoms with Crippen LogP contribution < -0.4 is 5.73 Å². The maximum Gasteiger partial charge on any atom is 0.222 e. The summed E-state index contributed by atoms with van der Waals surface area (Å²) in [6.45, 7) is 4.43. The molecule has 0 spiro atoms. The van der Waals surface area contributed by atoms with Gasteiger partial charge < -0.3 is 15.4 Å². The first-order chi connectivity index (χ1) is 7.67. The molecule has 1 heterocycles. The van der Waals surface area contributed by atoms with Crippen molar-refractivity contribution in [2.45, 2.75) is 38.7 Å². The smallest absolute Gasteiger partial charge is 0.222 e. The van der Waals surface area contributed by atoms with E-state index in [4.69, 9.17) is 10.5 Å². The van der Waals surface area contributed by atoms with Gasteiger partial charge in [-0.15, -0.1) is 0 Å². The van der Waals surface area contributed by atoms with E-state index in [1.807, 2.05) is 11.8 Å². The zero-order chi connectivity index (χ0) is 12.0. The van der Waals surface area contributed by atoms with Crippen LogP contribution in [0.15, 0.2) is 0 Å². The van der Waals surface area contributed by atoms with Crippen LogP contribution in [0.2, 0.25) is 0 Å². The van der Waals surface area contributed by atoms with Crippen LogP contribution in [0.4, 0.5) is 0 Å². The predicted octanol–water partition coefficient (Wildman–Crippen LogP) is 0.999. The fourth-order valence-corrected chi connectivity index (χ4v) is 2.09. The number of rotatable bonds is 5. The summed E-state index contributed by atoms with van der Waals surface area (Å²) in [5.74, 6) is 0.750. The first kappa shape index (κ1) is 13.5. The number of hydrogen-bond donors (Lipinski definition) is 1.